The van der Waals surface area contributed by atoms with E-state index in [1.165, 1.54) is 0 Å². The number of fused-ring (bicyclic) bond motifs is 3. The third-order valence-corrected chi connectivity index (χ3v) is 4.80. The van der Waals surface area contributed by atoms with Gasteiger partial charge in [-0.15, -0.1) is 0 Å². The Hall–Kier alpha value is -3.59. The summed E-state index contributed by atoms with van der Waals surface area (Å²) in [6.07, 6.45) is 0.734. The van der Waals surface area contributed by atoms with Crippen molar-refractivity contribution in [2.45, 2.75) is 13.0 Å². The van der Waals surface area contributed by atoms with Crippen LogP contribution >= 0.6 is 0 Å². The molecule has 1 aromatic heterocycles. The molecule has 0 N–H and O–H groups in total. The maximum Gasteiger partial charge on any atom is 0.291 e. The highest BCUT2D eigenvalue weighted by atomic mass is 16.5. The normalized spacial score (nSPS) is 11.9. The molecule has 0 saturated heterocycles. The van der Waals surface area contributed by atoms with Gasteiger partial charge in [0.05, 0.1) is 19.9 Å². The molecule has 4 rings (SSSR count). The van der Waals surface area contributed by atoms with Crippen LogP contribution in [0.2, 0.25) is 0 Å². The number of aryl methyl sites for hydroxylation is 1. The van der Waals surface area contributed by atoms with Crippen LogP contribution in [0.15, 0.2) is 47.3 Å². The van der Waals surface area contributed by atoms with Gasteiger partial charge in [0.2, 0.25) is 0 Å². The number of methoxy groups -OCH3 is 2. The number of benzene rings is 2. The number of ether oxygens (including phenoxy) is 2. The average Bonchev–Trinajstić information content (AvgIpc) is 2.72. The first-order valence-electron chi connectivity index (χ1n) is 8.53. The quantitative estimate of drug-likeness (QED) is 0.718. The lowest BCUT2D eigenvalue weighted by atomic mass is 9.94. The Morgan fingerprint density at radius 3 is 2.48 bits per heavy atom. The standard InChI is InChI=1S/C21H17N3O3/c1-26-17-10-14-8-9-24-19(15(14)11-18(17)27-2)16(12-22)21(25)23-20(24)13-6-4-3-5-7-13/h3-7,10-11H,8-9H2,1-2H3. The highest BCUT2D eigenvalue weighted by Gasteiger charge is 2.26. The van der Waals surface area contributed by atoms with Gasteiger partial charge in [0.1, 0.15) is 17.5 Å². The van der Waals surface area contributed by atoms with Gasteiger partial charge in [-0.1, -0.05) is 30.3 Å². The second-order valence-electron chi connectivity index (χ2n) is 6.21. The molecule has 0 fully saturated rings. The molecule has 2 aromatic carbocycles. The van der Waals surface area contributed by atoms with E-state index in [1.807, 2.05) is 53.1 Å². The van der Waals surface area contributed by atoms with Crippen LogP contribution in [-0.4, -0.2) is 23.8 Å². The number of nitrogens with zero attached hydrogens (tertiary/aromatic N) is 3. The van der Waals surface area contributed by atoms with Crippen molar-refractivity contribution in [2.24, 2.45) is 0 Å². The first-order valence-corrected chi connectivity index (χ1v) is 8.53. The number of hydrogen-bond acceptors (Lipinski definition) is 5. The van der Waals surface area contributed by atoms with Gasteiger partial charge in [-0.3, -0.25) is 4.79 Å². The summed E-state index contributed by atoms with van der Waals surface area (Å²) in [5.74, 6) is 1.75. The zero-order valence-electron chi connectivity index (χ0n) is 15.0. The van der Waals surface area contributed by atoms with Crippen LogP contribution in [-0.2, 0) is 13.0 Å². The predicted octanol–water partition coefficient (Wildman–Crippen LogP) is 3.02. The molecule has 0 aliphatic carbocycles. The van der Waals surface area contributed by atoms with Crippen LogP contribution in [0, 0.1) is 11.3 Å². The Kier molecular flexibility index (Phi) is 4.13. The molecule has 6 heteroatoms. The molecule has 1 aliphatic rings. The zero-order chi connectivity index (χ0) is 19.0. The van der Waals surface area contributed by atoms with Crippen LogP contribution in [0.3, 0.4) is 0 Å². The molecule has 27 heavy (non-hydrogen) atoms. The molecule has 6 nitrogen and oxygen atoms in total. The Morgan fingerprint density at radius 1 is 1.11 bits per heavy atom. The van der Waals surface area contributed by atoms with Crippen LogP contribution in [0.4, 0.5) is 0 Å². The van der Waals surface area contributed by atoms with Gasteiger partial charge in [0.15, 0.2) is 11.5 Å². The summed E-state index contributed by atoms with van der Waals surface area (Å²) in [6.45, 7) is 0.615. The zero-order valence-corrected chi connectivity index (χ0v) is 15.0. The van der Waals surface area contributed by atoms with Crippen molar-refractivity contribution in [3.63, 3.8) is 0 Å². The van der Waals surface area contributed by atoms with E-state index in [0.29, 0.717) is 29.6 Å². The van der Waals surface area contributed by atoms with Crippen molar-refractivity contribution in [3.8, 4) is 40.2 Å². The summed E-state index contributed by atoms with van der Waals surface area (Å²) in [5, 5.41) is 9.63. The van der Waals surface area contributed by atoms with Gasteiger partial charge in [-0.25, -0.2) is 0 Å². The van der Waals surface area contributed by atoms with Crippen molar-refractivity contribution in [1.29, 1.82) is 5.26 Å². The summed E-state index contributed by atoms with van der Waals surface area (Å²) in [6, 6.07) is 15.3. The Labute approximate surface area is 156 Å². The van der Waals surface area contributed by atoms with Gasteiger partial charge in [-0.05, 0) is 24.1 Å². The van der Waals surface area contributed by atoms with E-state index in [4.69, 9.17) is 9.47 Å². The van der Waals surface area contributed by atoms with Gasteiger partial charge in [-0.2, -0.15) is 10.2 Å². The third-order valence-electron chi connectivity index (χ3n) is 4.80. The minimum Gasteiger partial charge on any atom is -0.493 e. The highest BCUT2D eigenvalue weighted by Crippen LogP contribution is 2.40. The van der Waals surface area contributed by atoms with E-state index in [2.05, 4.69) is 4.98 Å². The minimum atomic E-state index is -0.523. The number of nitriles is 1. The van der Waals surface area contributed by atoms with Crippen LogP contribution in [0.25, 0.3) is 22.6 Å². The summed E-state index contributed by atoms with van der Waals surface area (Å²) in [7, 11) is 3.15. The average molecular weight is 359 g/mol. The van der Waals surface area contributed by atoms with E-state index >= 15 is 0 Å². The van der Waals surface area contributed by atoms with E-state index < -0.39 is 5.56 Å². The minimum absolute atomic E-state index is 0.0443. The molecule has 1 aliphatic heterocycles. The third kappa shape index (κ3) is 2.64. The van der Waals surface area contributed by atoms with E-state index in [9.17, 15) is 10.1 Å². The van der Waals surface area contributed by atoms with Crippen LogP contribution in [0.1, 0.15) is 11.1 Å². The highest BCUT2D eigenvalue weighted by molar-refractivity contribution is 5.76. The molecule has 0 amide bonds. The van der Waals surface area contributed by atoms with Crippen LogP contribution in [0.5, 0.6) is 11.5 Å². The fourth-order valence-corrected chi connectivity index (χ4v) is 3.54. The number of hydrogen-bond donors (Lipinski definition) is 0. The van der Waals surface area contributed by atoms with Crippen molar-refractivity contribution >= 4 is 0 Å². The lowest BCUT2D eigenvalue weighted by Crippen LogP contribution is -2.25. The summed E-state index contributed by atoms with van der Waals surface area (Å²) in [5.41, 5.74) is 2.75. The smallest absolute Gasteiger partial charge is 0.291 e. The molecule has 0 bridgehead atoms. The molecule has 134 valence electrons. The van der Waals surface area contributed by atoms with Crippen molar-refractivity contribution < 1.29 is 9.47 Å². The maximum absolute atomic E-state index is 12.6. The largest absolute Gasteiger partial charge is 0.493 e. The molecule has 0 unspecified atom stereocenters. The Bertz CT molecular complexity index is 1130. The van der Waals surface area contributed by atoms with Crippen LogP contribution < -0.4 is 15.0 Å². The lowest BCUT2D eigenvalue weighted by molar-refractivity contribution is 0.354. The first kappa shape index (κ1) is 16.9. The van der Waals surface area contributed by atoms with Crippen molar-refractivity contribution in [2.75, 3.05) is 14.2 Å². The van der Waals surface area contributed by atoms with Crippen molar-refractivity contribution in [3.05, 3.63) is 63.9 Å². The molecule has 3 aromatic rings. The lowest BCUT2D eigenvalue weighted by Gasteiger charge is -2.26. The maximum atomic E-state index is 12.6. The first-order chi connectivity index (χ1) is 13.2. The van der Waals surface area contributed by atoms with Gasteiger partial charge in [0, 0.05) is 17.7 Å². The predicted molar refractivity (Wildman–Crippen MR) is 101 cm³/mol. The van der Waals surface area contributed by atoms with E-state index in [1.54, 1.807) is 14.2 Å². The van der Waals surface area contributed by atoms with Crippen molar-refractivity contribution in [1.82, 2.24) is 9.55 Å². The second-order valence-corrected chi connectivity index (χ2v) is 6.21. The molecule has 0 saturated carbocycles. The molecule has 0 radical (unpaired) electrons. The topological polar surface area (TPSA) is 77.1 Å². The molecular weight excluding hydrogens is 342 g/mol. The number of aromatic nitrogens is 2. The molecular formula is C21H17N3O3. The Balaban J connectivity index is 2.07. The van der Waals surface area contributed by atoms with E-state index in [0.717, 1.165) is 23.1 Å². The fraction of sp³-hybridized carbons (Fsp3) is 0.190. The van der Waals surface area contributed by atoms with Gasteiger partial charge < -0.3 is 14.0 Å². The second kappa shape index (κ2) is 6.61. The van der Waals surface area contributed by atoms with Gasteiger partial charge in [0.25, 0.3) is 5.56 Å². The monoisotopic (exact) mass is 359 g/mol. The molecule has 2 heterocycles. The fourth-order valence-electron chi connectivity index (χ4n) is 3.54. The molecule has 0 spiro atoms. The summed E-state index contributed by atoms with van der Waals surface area (Å²) >= 11 is 0. The SMILES string of the molecule is COc1cc2c(cc1OC)-c1c(C#N)c(=O)nc(-c3ccccc3)n1CC2. The van der Waals surface area contributed by atoms with E-state index in [-0.39, 0.29) is 5.56 Å². The molecule has 0 atom stereocenters. The summed E-state index contributed by atoms with van der Waals surface area (Å²) in [4.78, 5) is 16.8. The summed E-state index contributed by atoms with van der Waals surface area (Å²) < 4.78 is 12.8. The van der Waals surface area contributed by atoms with Gasteiger partial charge >= 0.3 is 0 Å². The number of rotatable bonds is 3. The Morgan fingerprint density at radius 2 is 1.81 bits per heavy atom.